The maximum atomic E-state index is 15.5. The molecule has 7 aromatic rings. The minimum atomic E-state index is -0.380. The van der Waals surface area contributed by atoms with Gasteiger partial charge in [-0.15, -0.1) is 0 Å². The summed E-state index contributed by atoms with van der Waals surface area (Å²) >= 11 is 0. The van der Waals surface area contributed by atoms with Crippen LogP contribution < -0.4 is 52.1 Å². The van der Waals surface area contributed by atoms with Gasteiger partial charge in [0.05, 0.1) is 0 Å². The van der Waals surface area contributed by atoms with Crippen molar-refractivity contribution < 1.29 is 18.3 Å². The highest BCUT2D eigenvalue weighted by molar-refractivity contribution is 7.02. The molecule has 8 heteroatoms. The summed E-state index contributed by atoms with van der Waals surface area (Å²) in [5.41, 5.74) is 11.3. The third-order valence-corrected chi connectivity index (χ3v) is 10.4. The zero-order valence-corrected chi connectivity index (χ0v) is 26.5. The lowest BCUT2D eigenvalue weighted by atomic mass is 9.31. The van der Waals surface area contributed by atoms with Crippen molar-refractivity contribution in [1.29, 1.82) is 0 Å². The summed E-state index contributed by atoms with van der Waals surface area (Å²) < 4.78 is 44.2. The summed E-state index contributed by atoms with van der Waals surface area (Å²) in [7, 11) is 0. The molecule has 0 fully saturated rings. The molecular weight excluding hydrogens is 624 g/mol. The molecule has 0 aromatic heterocycles. The maximum absolute atomic E-state index is 15.5. The second-order valence-electron chi connectivity index (χ2n) is 13.1. The van der Waals surface area contributed by atoms with Gasteiger partial charge in [0.2, 0.25) is 0 Å². The first-order valence-corrected chi connectivity index (χ1v) is 16.7. The zero-order chi connectivity index (χ0) is 33.1. The average molecular weight is 648 g/mol. The first-order chi connectivity index (χ1) is 24.6. The standard InChI is InChI=1S/C42H24B2F2N2O2/c45-25-19-35-41-39(21-25)49-37-24-38-32(23-31(37)43(41)29-15-7-9-17-33(29)47(35)27-11-3-1-4-12-27)44-30-16-8-10-18-34(30)48(28-13-5-2-6-14-28)36-20-26(46)22-40(50-38)42(36)44/h1-24H. The topological polar surface area (TPSA) is 24.9 Å². The number of benzene rings is 7. The van der Waals surface area contributed by atoms with Gasteiger partial charge >= 0.3 is 0 Å². The third kappa shape index (κ3) is 3.76. The Hall–Kier alpha value is -6.27. The fourth-order valence-electron chi connectivity index (χ4n) is 8.54. The number of para-hydroxylation sites is 4. The predicted molar refractivity (Wildman–Crippen MR) is 198 cm³/mol. The van der Waals surface area contributed by atoms with Gasteiger partial charge in [-0.2, -0.15) is 0 Å². The number of ether oxygens (including phenoxy) is 2. The Labute approximate surface area is 287 Å². The van der Waals surface area contributed by atoms with Crippen LogP contribution in [-0.4, -0.2) is 13.4 Å². The molecule has 50 heavy (non-hydrogen) atoms. The molecule has 4 nitrogen and oxygen atoms in total. The highest BCUT2D eigenvalue weighted by Crippen LogP contribution is 2.44. The highest BCUT2D eigenvalue weighted by Gasteiger charge is 2.46. The van der Waals surface area contributed by atoms with Gasteiger partial charge in [-0.1, -0.05) is 78.9 Å². The zero-order valence-electron chi connectivity index (χ0n) is 26.5. The largest absolute Gasteiger partial charge is 0.458 e. The fraction of sp³-hybridized carbons (Fsp3) is 0. The molecule has 0 bridgehead atoms. The van der Waals surface area contributed by atoms with Crippen LogP contribution in [0.4, 0.5) is 42.9 Å². The Bertz CT molecular complexity index is 2390. The molecule has 0 atom stereocenters. The van der Waals surface area contributed by atoms with E-state index in [9.17, 15) is 0 Å². The van der Waals surface area contributed by atoms with E-state index in [0.29, 0.717) is 23.0 Å². The number of nitrogens with zero attached hydrogens (tertiary/aromatic N) is 2. The number of fused-ring (bicyclic) bond motifs is 8. The van der Waals surface area contributed by atoms with Gasteiger partial charge in [-0.3, -0.25) is 0 Å². The summed E-state index contributed by atoms with van der Waals surface area (Å²) in [6.07, 6.45) is 0. The van der Waals surface area contributed by atoms with Crippen LogP contribution in [0.3, 0.4) is 0 Å². The van der Waals surface area contributed by atoms with Crippen molar-refractivity contribution in [2.75, 3.05) is 9.80 Å². The molecule has 4 aliphatic rings. The minimum absolute atomic E-state index is 0.223. The second-order valence-corrected chi connectivity index (χ2v) is 13.1. The summed E-state index contributed by atoms with van der Waals surface area (Å²) in [6.45, 7) is -0.445. The Balaban J connectivity index is 1.16. The number of hydrogen-bond acceptors (Lipinski definition) is 4. The molecule has 0 N–H and O–H groups in total. The van der Waals surface area contributed by atoms with E-state index in [2.05, 4.69) is 52.3 Å². The van der Waals surface area contributed by atoms with Gasteiger partial charge in [-0.25, -0.2) is 8.78 Å². The van der Waals surface area contributed by atoms with Crippen LogP contribution in [0.25, 0.3) is 0 Å². The van der Waals surface area contributed by atoms with E-state index < -0.39 is 0 Å². The van der Waals surface area contributed by atoms with E-state index in [1.807, 2.05) is 78.9 Å². The normalized spacial score (nSPS) is 14.0. The molecule has 0 saturated carbocycles. The van der Waals surface area contributed by atoms with Crippen LogP contribution in [-0.2, 0) is 0 Å². The Morgan fingerprint density at radius 1 is 0.380 bits per heavy atom. The van der Waals surface area contributed by atoms with Crippen molar-refractivity contribution in [3.63, 3.8) is 0 Å². The van der Waals surface area contributed by atoms with Gasteiger partial charge in [0.15, 0.2) is 0 Å². The van der Waals surface area contributed by atoms with Gasteiger partial charge in [-0.05, 0) is 81.3 Å². The van der Waals surface area contributed by atoms with Crippen LogP contribution in [0.5, 0.6) is 23.0 Å². The SMILES string of the molecule is Fc1cc2c3c(c1)N(c1ccccc1)c1ccccc1B3c1cc3c(cc1O2)Oc1cc(F)cc2c1B3c1ccccc1N2c1ccccc1. The third-order valence-electron chi connectivity index (χ3n) is 10.4. The lowest BCUT2D eigenvalue weighted by molar-refractivity contribution is 0.461. The number of anilines is 6. The van der Waals surface area contributed by atoms with Gasteiger partial charge in [0.25, 0.3) is 13.4 Å². The molecule has 4 aliphatic heterocycles. The van der Waals surface area contributed by atoms with Crippen LogP contribution in [0.15, 0.2) is 146 Å². The second kappa shape index (κ2) is 10.1. The molecule has 7 aromatic carbocycles. The number of halogens is 2. The minimum Gasteiger partial charge on any atom is -0.458 e. The van der Waals surface area contributed by atoms with E-state index in [0.717, 1.165) is 66.9 Å². The van der Waals surface area contributed by atoms with Crippen molar-refractivity contribution in [2.45, 2.75) is 0 Å². The molecule has 0 aliphatic carbocycles. The van der Waals surface area contributed by atoms with Crippen molar-refractivity contribution in [3.05, 3.63) is 157 Å². The van der Waals surface area contributed by atoms with Crippen LogP contribution in [0.2, 0.25) is 0 Å². The predicted octanol–water partition coefficient (Wildman–Crippen LogP) is 6.78. The molecule has 0 unspecified atom stereocenters. The summed E-state index contributed by atoms with van der Waals surface area (Å²) in [6, 6.07) is 47.0. The van der Waals surface area contributed by atoms with Crippen molar-refractivity contribution in [2.24, 2.45) is 0 Å². The summed E-state index contributed by atoms with van der Waals surface area (Å²) in [4.78, 5) is 4.24. The van der Waals surface area contributed by atoms with Crippen LogP contribution in [0.1, 0.15) is 0 Å². The lowest BCUT2D eigenvalue weighted by Crippen LogP contribution is -2.63. The molecule has 0 amide bonds. The molecule has 0 spiro atoms. The van der Waals surface area contributed by atoms with Crippen molar-refractivity contribution >= 4 is 80.3 Å². The lowest BCUT2D eigenvalue weighted by Gasteiger charge is -2.42. The fourth-order valence-corrected chi connectivity index (χ4v) is 8.54. The average Bonchev–Trinajstić information content (AvgIpc) is 3.14. The van der Waals surface area contributed by atoms with Gasteiger partial charge < -0.3 is 19.3 Å². The quantitative estimate of drug-likeness (QED) is 0.193. The van der Waals surface area contributed by atoms with E-state index >= 15 is 8.78 Å². The van der Waals surface area contributed by atoms with E-state index in [-0.39, 0.29) is 25.1 Å². The Kier molecular flexibility index (Phi) is 5.60. The number of hydrogen-bond donors (Lipinski definition) is 0. The maximum Gasteiger partial charge on any atom is 0.256 e. The van der Waals surface area contributed by atoms with Crippen molar-refractivity contribution in [3.8, 4) is 23.0 Å². The smallest absolute Gasteiger partial charge is 0.256 e. The summed E-state index contributed by atoms with van der Waals surface area (Å²) in [5, 5.41) is 0. The van der Waals surface area contributed by atoms with Crippen molar-refractivity contribution in [1.82, 2.24) is 0 Å². The molecule has 234 valence electrons. The van der Waals surface area contributed by atoms with E-state index in [1.165, 1.54) is 12.1 Å². The van der Waals surface area contributed by atoms with Crippen LogP contribution >= 0.6 is 0 Å². The molecular formula is C42H24B2F2N2O2. The number of rotatable bonds is 2. The molecule has 11 rings (SSSR count). The molecule has 0 radical (unpaired) electrons. The van der Waals surface area contributed by atoms with E-state index in [4.69, 9.17) is 9.47 Å². The molecule has 0 saturated heterocycles. The monoisotopic (exact) mass is 648 g/mol. The van der Waals surface area contributed by atoms with E-state index in [1.54, 1.807) is 12.1 Å². The Morgan fingerprint density at radius 3 is 1.26 bits per heavy atom. The van der Waals surface area contributed by atoms with Gasteiger partial charge in [0, 0.05) is 52.3 Å². The van der Waals surface area contributed by atoms with Gasteiger partial charge in [0.1, 0.15) is 34.6 Å². The summed E-state index contributed by atoms with van der Waals surface area (Å²) in [5.74, 6) is 1.37. The molecule has 4 heterocycles. The first-order valence-electron chi connectivity index (χ1n) is 16.7. The first kappa shape index (κ1) is 27.7. The Morgan fingerprint density at radius 2 is 0.800 bits per heavy atom. The van der Waals surface area contributed by atoms with Crippen LogP contribution in [0, 0.1) is 11.6 Å². The highest BCUT2D eigenvalue weighted by atomic mass is 19.1.